The van der Waals surface area contributed by atoms with Crippen LogP contribution in [0.5, 0.6) is 5.75 Å². The average Bonchev–Trinajstić information content (AvgIpc) is 2.75. The highest BCUT2D eigenvalue weighted by atomic mass is 127. The van der Waals surface area contributed by atoms with Crippen LogP contribution in [0.15, 0.2) is 53.5 Å². The van der Waals surface area contributed by atoms with Gasteiger partial charge in [0.05, 0.1) is 7.11 Å². The number of carbonyl (C=O) groups is 1. The number of aliphatic imine (C=N–C) groups is 1. The molecule has 2 aromatic rings. The Kier molecular flexibility index (Phi) is 9.24. The summed E-state index contributed by atoms with van der Waals surface area (Å²) in [6.45, 7) is 2.14. The highest BCUT2D eigenvalue weighted by Crippen LogP contribution is 2.21. The number of rotatable bonds is 6. The number of piperidine rings is 1. The number of anilines is 1. The van der Waals surface area contributed by atoms with Gasteiger partial charge >= 0.3 is 0 Å². The van der Waals surface area contributed by atoms with Gasteiger partial charge in [-0.05, 0) is 48.2 Å². The second-order valence-electron chi connectivity index (χ2n) is 6.80. The number of halogens is 1. The van der Waals surface area contributed by atoms with Crippen LogP contribution in [-0.4, -0.2) is 32.6 Å². The van der Waals surface area contributed by atoms with E-state index in [9.17, 15) is 4.79 Å². The Bertz CT molecular complexity index is 824. The summed E-state index contributed by atoms with van der Waals surface area (Å²) >= 11 is 0. The third kappa shape index (κ3) is 6.62. The molecule has 0 spiro atoms. The number of benzene rings is 2. The Balaban J connectivity index is 0.00000300. The first-order valence-electron chi connectivity index (χ1n) is 9.66. The number of hydrogen-bond donors (Lipinski definition) is 2. The Labute approximate surface area is 189 Å². The summed E-state index contributed by atoms with van der Waals surface area (Å²) in [5.74, 6) is 1.80. The Morgan fingerprint density at radius 3 is 2.45 bits per heavy atom. The van der Waals surface area contributed by atoms with Gasteiger partial charge in [-0.15, -0.1) is 24.0 Å². The summed E-state index contributed by atoms with van der Waals surface area (Å²) in [5, 5.41) is 6.63. The maximum atomic E-state index is 12.0. The van der Waals surface area contributed by atoms with Crippen LogP contribution in [0.4, 0.5) is 5.69 Å². The summed E-state index contributed by atoms with van der Waals surface area (Å²) < 4.78 is 5.26. The maximum absolute atomic E-state index is 12.0. The van der Waals surface area contributed by atoms with Crippen molar-refractivity contribution in [2.45, 2.75) is 32.4 Å². The van der Waals surface area contributed by atoms with Crippen LogP contribution in [0.25, 0.3) is 0 Å². The van der Waals surface area contributed by atoms with E-state index >= 15 is 0 Å². The van der Waals surface area contributed by atoms with Gasteiger partial charge in [0, 0.05) is 38.8 Å². The number of nitrogens with one attached hydrogen (secondary N) is 2. The molecule has 6 nitrogen and oxygen atoms in total. The number of ether oxygens (including phenoxy) is 1. The van der Waals surface area contributed by atoms with Crippen LogP contribution < -0.4 is 20.3 Å². The van der Waals surface area contributed by atoms with Gasteiger partial charge in [-0.3, -0.25) is 9.79 Å². The average molecular weight is 508 g/mol. The molecular formula is C22H29IN4O2. The van der Waals surface area contributed by atoms with E-state index in [1.165, 1.54) is 0 Å². The molecule has 1 saturated heterocycles. The predicted molar refractivity (Wildman–Crippen MR) is 128 cm³/mol. The molecule has 3 rings (SSSR count). The molecule has 1 aliphatic rings. The highest BCUT2D eigenvalue weighted by Gasteiger charge is 2.19. The van der Waals surface area contributed by atoms with Crippen molar-refractivity contribution in [3.8, 4) is 5.75 Å². The summed E-state index contributed by atoms with van der Waals surface area (Å²) in [5.41, 5.74) is 3.24. The lowest BCUT2D eigenvalue weighted by Gasteiger charge is -2.26. The molecule has 1 fully saturated rings. The molecule has 156 valence electrons. The number of guanidine groups is 1. The predicted octanol–water partition coefficient (Wildman–Crippen LogP) is 3.70. The molecule has 1 heterocycles. The van der Waals surface area contributed by atoms with Crippen LogP contribution >= 0.6 is 24.0 Å². The van der Waals surface area contributed by atoms with Crippen molar-refractivity contribution in [3.63, 3.8) is 0 Å². The summed E-state index contributed by atoms with van der Waals surface area (Å²) in [6, 6.07) is 16.1. The molecule has 0 aromatic heterocycles. The van der Waals surface area contributed by atoms with E-state index in [2.05, 4.69) is 27.8 Å². The smallest absolute Gasteiger partial charge is 0.226 e. The second kappa shape index (κ2) is 11.6. The van der Waals surface area contributed by atoms with Crippen molar-refractivity contribution in [2.75, 3.05) is 25.6 Å². The van der Waals surface area contributed by atoms with E-state index in [1.807, 2.05) is 41.3 Å². The van der Waals surface area contributed by atoms with Gasteiger partial charge in [0.2, 0.25) is 5.91 Å². The Hall–Kier alpha value is -2.29. The first-order valence-corrected chi connectivity index (χ1v) is 9.66. The maximum Gasteiger partial charge on any atom is 0.226 e. The van der Waals surface area contributed by atoms with E-state index in [1.54, 1.807) is 14.2 Å². The van der Waals surface area contributed by atoms with E-state index in [4.69, 9.17) is 4.74 Å². The third-order valence-corrected chi connectivity index (χ3v) is 4.85. The van der Waals surface area contributed by atoms with Crippen molar-refractivity contribution in [1.29, 1.82) is 0 Å². The van der Waals surface area contributed by atoms with Crippen molar-refractivity contribution in [3.05, 3.63) is 59.7 Å². The fourth-order valence-electron chi connectivity index (χ4n) is 3.25. The summed E-state index contributed by atoms with van der Waals surface area (Å²) in [4.78, 5) is 18.2. The minimum Gasteiger partial charge on any atom is -0.497 e. The van der Waals surface area contributed by atoms with Crippen molar-refractivity contribution < 1.29 is 9.53 Å². The van der Waals surface area contributed by atoms with E-state index < -0.39 is 0 Å². The molecule has 0 unspecified atom stereocenters. The second-order valence-corrected chi connectivity index (χ2v) is 6.80. The van der Waals surface area contributed by atoms with Gasteiger partial charge in [0.1, 0.15) is 5.75 Å². The van der Waals surface area contributed by atoms with Crippen LogP contribution in [0.2, 0.25) is 0 Å². The molecule has 29 heavy (non-hydrogen) atoms. The molecular weight excluding hydrogens is 479 g/mol. The van der Waals surface area contributed by atoms with Gasteiger partial charge in [-0.1, -0.05) is 24.3 Å². The lowest BCUT2D eigenvalue weighted by Crippen LogP contribution is -2.36. The van der Waals surface area contributed by atoms with Crippen LogP contribution in [0.3, 0.4) is 0 Å². The molecule has 0 radical (unpaired) electrons. The van der Waals surface area contributed by atoms with E-state index in [-0.39, 0.29) is 29.9 Å². The Morgan fingerprint density at radius 2 is 1.79 bits per heavy atom. The largest absolute Gasteiger partial charge is 0.497 e. The molecule has 0 saturated carbocycles. The van der Waals surface area contributed by atoms with Crippen LogP contribution in [0, 0.1) is 0 Å². The standard InChI is InChI=1S/C22H28N4O2.HI/c1-23-22(25-16-18-6-5-7-20(14-18)28-2)24-15-17-9-11-19(12-10-17)26-13-4-3-8-21(26)27;/h5-7,9-12,14H,3-4,8,13,15-16H2,1-2H3,(H2,23,24,25);1H. The summed E-state index contributed by atoms with van der Waals surface area (Å²) in [7, 11) is 3.42. The zero-order valence-corrected chi connectivity index (χ0v) is 19.3. The molecule has 0 aliphatic carbocycles. The topological polar surface area (TPSA) is 66.0 Å². The lowest BCUT2D eigenvalue weighted by atomic mass is 10.1. The number of methoxy groups -OCH3 is 1. The molecule has 0 atom stereocenters. The highest BCUT2D eigenvalue weighted by molar-refractivity contribution is 14.0. The van der Waals surface area contributed by atoms with Crippen molar-refractivity contribution in [2.24, 2.45) is 4.99 Å². The zero-order chi connectivity index (χ0) is 19.8. The zero-order valence-electron chi connectivity index (χ0n) is 17.0. The van der Waals surface area contributed by atoms with Gasteiger partial charge in [-0.2, -0.15) is 0 Å². The molecule has 1 amide bonds. The molecule has 1 aliphatic heterocycles. The normalized spacial score (nSPS) is 14.2. The molecule has 2 aromatic carbocycles. The van der Waals surface area contributed by atoms with Crippen molar-refractivity contribution in [1.82, 2.24) is 10.6 Å². The van der Waals surface area contributed by atoms with Crippen molar-refractivity contribution >= 4 is 41.5 Å². The first-order chi connectivity index (χ1) is 13.7. The van der Waals surface area contributed by atoms with Gasteiger partial charge in [0.25, 0.3) is 0 Å². The van der Waals surface area contributed by atoms with Crippen LogP contribution in [-0.2, 0) is 17.9 Å². The minimum absolute atomic E-state index is 0. The van der Waals surface area contributed by atoms with Gasteiger partial charge < -0.3 is 20.3 Å². The first kappa shape index (κ1) is 23.0. The van der Waals surface area contributed by atoms with Crippen LogP contribution in [0.1, 0.15) is 30.4 Å². The number of amides is 1. The number of hydrogen-bond acceptors (Lipinski definition) is 3. The molecule has 2 N–H and O–H groups in total. The van der Waals surface area contributed by atoms with E-state index in [0.717, 1.165) is 47.9 Å². The fraction of sp³-hybridized carbons (Fsp3) is 0.364. The Morgan fingerprint density at radius 1 is 1.07 bits per heavy atom. The van der Waals surface area contributed by atoms with Gasteiger partial charge in [-0.25, -0.2) is 0 Å². The molecule has 7 heteroatoms. The van der Waals surface area contributed by atoms with E-state index in [0.29, 0.717) is 19.5 Å². The molecule has 0 bridgehead atoms. The fourth-order valence-corrected chi connectivity index (χ4v) is 3.25. The summed E-state index contributed by atoms with van der Waals surface area (Å²) in [6.07, 6.45) is 2.72. The quantitative estimate of drug-likeness (QED) is 0.355. The third-order valence-electron chi connectivity index (χ3n) is 4.85. The van der Waals surface area contributed by atoms with Gasteiger partial charge in [0.15, 0.2) is 5.96 Å². The number of nitrogens with zero attached hydrogens (tertiary/aromatic N) is 2. The monoisotopic (exact) mass is 508 g/mol. The minimum atomic E-state index is 0. The lowest BCUT2D eigenvalue weighted by molar-refractivity contribution is -0.119. The number of carbonyl (C=O) groups excluding carboxylic acids is 1. The SMILES string of the molecule is CN=C(NCc1ccc(N2CCCCC2=O)cc1)NCc1cccc(OC)c1.I.